The first kappa shape index (κ1) is 20.1. The average molecular weight is 431 g/mol. The summed E-state index contributed by atoms with van der Waals surface area (Å²) in [5, 5.41) is 3.50. The lowest BCUT2D eigenvalue weighted by atomic mass is 9.92. The summed E-state index contributed by atoms with van der Waals surface area (Å²) in [6.07, 6.45) is 2.25. The van der Waals surface area contributed by atoms with Crippen LogP contribution in [0.2, 0.25) is 0 Å². The van der Waals surface area contributed by atoms with Crippen molar-refractivity contribution in [2.45, 2.75) is 26.7 Å². The number of hydrogen-bond donors (Lipinski definition) is 1. The first-order valence-electron chi connectivity index (χ1n) is 8.21. The molecule has 2 rings (SSSR count). The molecule has 0 amide bonds. The van der Waals surface area contributed by atoms with Gasteiger partial charge in [0.2, 0.25) is 0 Å². The molecule has 5 heteroatoms. The summed E-state index contributed by atoms with van der Waals surface area (Å²) in [4.78, 5) is 6.84. The Labute approximate surface area is 157 Å². The van der Waals surface area contributed by atoms with Crippen LogP contribution in [-0.4, -0.2) is 44.7 Å². The third-order valence-electron chi connectivity index (χ3n) is 4.25. The number of guanidine groups is 1. The van der Waals surface area contributed by atoms with E-state index in [4.69, 9.17) is 4.74 Å². The third kappa shape index (κ3) is 5.86. The molecule has 130 valence electrons. The van der Waals surface area contributed by atoms with Crippen molar-refractivity contribution >= 4 is 29.9 Å². The third-order valence-corrected chi connectivity index (χ3v) is 4.25. The molecule has 4 nitrogen and oxygen atoms in total. The van der Waals surface area contributed by atoms with E-state index in [0.717, 1.165) is 49.6 Å². The molecule has 23 heavy (non-hydrogen) atoms. The van der Waals surface area contributed by atoms with Crippen LogP contribution in [0.4, 0.5) is 0 Å². The van der Waals surface area contributed by atoms with Crippen LogP contribution in [-0.2, 0) is 6.42 Å². The molecule has 0 spiro atoms. The summed E-state index contributed by atoms with van der Waals surface area (Å²) in [5.74, 6) is 3.45. The van der Waals surface area contributed by atoms with E-state index in [0.29, 0.717) is 0 Å². The maximum atomic E-state index is 5.41. The summed E-state index contributed by atoms with van der Waals surface area (Å²) in [7, 11) is 3.59. The second-order valence-corrected chi connectivity index (χ2v) is 6.39. The van der Waals surface area contributed by atoms with E-state index in [1.807, 2.05) is 19.2 Å². The van der Waals surface area contributed by atoms with Gasteiger partial charge in [0.15, 0.2) is 5.96 Å². The maximum absolute atomic E-state index is 5.41. The normalized spacial score (nSPS) is 21.6. The number of piperidine rings is 1. The van der Waals surface area contributed by atoms with Crippen LogP contribution in [0.25, 0.3) is 0 Å². The highest BCUT2D eigenvalue weighted by molar-refractivity contribution is 14.0. The molecule has 0 aromatic heterocycles. The molecule has 2 atom stereocenters. The molecule has 0 saturated carbocycles. The van der Waals surface area contributed by atoms with Gasteiger partial charge in [-0.3, -0.25) is 4.99 Å². The van der Waals surface area contributed by atoms with Crippen molar-refractivity contribution in [1.29, 1.82) is 0 Å². The molecule has 1 heterocycles. The van der Waals surface area contributed by atoms with Gasteiger partial charge in [0.05, 0.1) is 7.11 Å². The van der Waals surface area contributed by atoms with Crippen molar-refractivity contribution in [3.63, 3.8) is 0 Å². The van der Waals surface area contributed by atoms with E-state index in [1.54, 1.807) is 7.11 Å². The average Bonchev–Trinajstić information content (AvgIpc) is 2.51. The zero-order valence-electron chi connectivity index (χ0n) is 14.7. The lowest BCUT2D eigenvalue weighted by Crippen LogP contribution is -2.48. The number of likely N-dealkylation sites (tertiary alicyclic amines) is 1. The lowest BCUT2D eigenvalue weighted by molar-refractivity contribution is 0.208. The van der Waals surface area contributed by atoms with Crippen molar-refractivity contribution < 1.29 is 4.74 Å². The van der Waals surface area contributed by atoms with Gasteiger partial charge in [-0.15, -0.1) is 24.0 Å². The molecule has 0 aliphatic carbocycles. The molecule has 0 bridgehead atoms. The molecule has 1 aliphatic heterocycles. The summed E-state index contributed by atoms with van der Waals surface area (Å²) in [6, 6.07) is 8.19. The van der Waals surface area contributed by atoms with E-state index in [9.17, 15) is 0 Å². The molecule has 2 unspecified atom stereocenters. The minimum absolute atomic E-state index is 0. The Morgan fingerprint density at radius 1 is 1.26 bits per heavy atom. The Hall–Kier alpha value is -0.980. The second-order valence-electron chi connectivity index (χ2n) is 6.39. The van der Waals surface area contributed by atoms with Crippen LogP contribution >= 0.6 is 24.0 Å². The largest absolute Gasteiger partial charge is 0.496 e. The van der Waals surface area contributed by atoms with E-state index in [1.165, 1.54) is 12.0 Å². The number of aliphatic imine (C=N–C) groups is 1. The number of nitrogens with one attached hydrogen (secondary N) is 1. The standard InChI is InChI=1S/C18H29N3O.HI/c1-14-11-15(2)13-21(12-14)18(19-3)20-10-9-16-7-5-6-8-17(16)22-4;/h5-8,14-15H,9-13H2,1-4H3,(H,19,20);1H. The predicted molar refractivity (Wildman–Crippen MR) is 108 cm³/mol. The van der Waals surface area contributed by atoms with E-state index in [-0.39, 0.29) is 24.0 Å². The zero-order valence-corrected chi connectivity index (χ0v) is 17.0. The van der Waals surface area contributed by atoms with Crippen LogP contribution in [0.5, 0.6) is 5.75 Å². The first-order valence-corrected chi connectivity index (χ1v) is 8.21. The summed E-state index contributed by atoms with van der Waals surface area (Å²) >= 11 is 0. The van der Waals surface area contributed by atoms with Crippen molar-refractivity contribution in [2.24, 2.45) is 16.8 Å². The number of halogens is 1. The van der Waals surface area contributed by atoms with Crippen LogP contribution in [0.3, 0.4) is 0 Å². The van der Waals surface area contributed by atoms with Gasteiger partial charge in [-0.2, -0.15) is 0 Å². The maximum Gasteiger partial charge on any atom is 0.193 e. The summed E-state index contributed by atoms with van der Waals surface area (Å²) in [5.41, 5.74) is 1.23. The van der Waals surface area contributed by atoms with Gasteiger partial charge < -0.3 is 15.0 Å². The van der Waals surface area contributed by atoms with E-state index in [2.05, 4.69) is 41.2 Å². The van der Waals surface area contributed by atoms with Crippen molar-refractivity contribution in [3.8, 4) is 5.75 Å². The van der Waals surface area contributed by atoms with Gasteiger partial charge in [-0.05, 0) is 36.3 Å². The van der Waals surface area contributed by atoms with Crippen LogP contribution in [0.15, 0.2) is 29.3 Å². The Kier molecular flexibility index (Phi) is 8.73. The van der Waals surface area contributed by atoms with Crippen molar-refractivity contribution in [1.82, 2.24) is 10.2 Å². The minimum Gasteiger partial charge on any atom is -0.496 e. The molecular weight excluding hydrogens is 401 g/mol. The number of methoxy groups -OCH3 is 1. The summed E-state index contributed by atoms with van der Waals surface area (Å²) in [6.45, 7) is 7.71. The minimum atomic E-state index is 0. The monoisotopic (exact) mass is 431 g/mol. The lowest BCUT2D eigenvalue weighted by Gasteiger charge is -2.37. The van der Waals surface area contributed by atoms with Gasteiger partial charge in [-0.1, -0.05) is 32.0 Å². The molecule has 1 aromatic rings. The Bertz CT molecular complexity index is 497. The van der Waals surface area contributed by atoms with Gasteiger partial charge in [0.1, 0.15) is 5.75 Å². The molecule has 1 aromatic carbocycles. The Morgan fingerprint density at radius 3 is 2.52 bits per heavy atom. The fraction of sp³-hybridized carbons (Fsp3) is 0.611. The van der Waals surface area contributed by atoms with Gasteiger partial charge in [-0.25, -0.2) is 0 Å². The number of hydrogen-bond acceptors (Lipinski definition) is 2. The van der Waals surface area contributed by atoms with Gasteiger partial charge >= 0.3 is 0 Å². The van der Waals surface area contributed by atoms with Gasteiger partial charge in [0, 0.05) is 26.7 Å². The molecule has 1 fully saturated rings. The van der Waals surface area contributed by atoms with E-state index >= 15 is 0 Å². The smallest absolute Gasteiger partial charge is 0.193 e. The Morgan fingerprint density at radius 2 is 1.91 bits per heavy atom. The van der Waals surface area contributed by atoms with Crippen molar-refractivity contribution in [3.05, 3.63) is 29.8 Å². The fourth-order valence-corrected chi connectivity index (χ4v) is 3.39. The topological polar surface area (TPSA) is 36.9 Å². The quantitative estimate of drug-likeness (QED) is 0.451. The van der Waals surface area contributed by atoms with Crippen LogP contribution in [0.1, 0.15) is 25.8 Å². The molecular formula is C18H30IN3O. The number of nitrogens with zero attached hydrogens (tertiary/aromatic N) is 2. The molecule has 1 aliphatic rings. The predicted octanol–water partition coefficient (Wildman–Crippen LogP) is 3.41. The second kappa shape index (κ2) is 10.0. The number of para-hydroxylation sites is 1. The number of rotatable bonds is 4. The molecule has 1 saturated heterocycles. The van der Waals surface area contributed by atoms with Crippen molar-refractivity contribution in [2.75, 3.05) is 33.8 Å². The fourth-order valence-electron chi connectivity index (χ4n) is 3.39. The van der Waals surface area contributed by atoms with E-state index < -0.39 is 0 Å². The van der Waals surface area contributed by atoms with Crippen LogP contribution < -0.4 is 10.1 Å². The molecule has 1 N–H and O–H groups in total. The summed E-state index contributed by atoms with van der Waals surface area (Å²) < 4.78 is 5.41. The number of benzene rings is 1. The highest BCUT2D eigenvalue weighted by Crippen LogP contribution is 2.21. The zero-order chi connectivity index (χ0) is 15.9. The highest BCUT2D eigenvalue weighted by atomic mass is 127. The SMILES string of the molecule is CN=C(NCCc1ccccc1OC)N1CC(C)CC(C)C1.I. The molecule has 0 radical (unpaired) electrons. The number of ether oxygens (including phenoxy) is 1. The van der Waals surface area contributed by atoms with Crippen LogP contribution in [0, 0.1) is 11.8 Å². The first-order chi connectivity index (χ1) is 10.6. The van der Waals surface area contributed by atoms with Gasteiger partial charge in [0.25, 0.3) is 0 Å². The Balaban J connectivity index is 0.00000264. The highest BCUT2D eigenvalue weighted by Gasteiger charge is 2.23.